The van der Waals surface area contributed by atoms with Crippen LogP contribution in [0.1, 0.15) is 21.5 Å². The number of aryl methyl sites for hydroxylation is 2. The van der Waals surface area contributed by atoms with E-state index in [1.54, 1.807) is 0 Å². The molecule has 0 bridgehead atoms. The number of hydrogen-bond acceptors (Lipinski definition) is 6. The topological polar surface area (TPSA) is 118 Å². The van der Waals surface area contributed by atoms with Gasteiger partial charge in [0.05, 0.1) is 9.82 Å². The molecule has 0 saturated heterocycles. The van der Waals surface area contributed by atoms with E-state index in [0.717, 1.165) is 35.9 Å². The van der Waals surface area contributed by atoms with Gasteiger partial charge in [-0.3, -0.25) is 14.9 Å². The molecular weight excluding hydrogens is 418 g/mol. The van der Waals surface area contributed by atoms with Crippen LogP contribution in [-0.4, -0.2) is 38.6 Å². The standard InChI is InChI=1S/C22H21N3O5S/c1-31(29,30)16-8-10-19(20(13-16)25(27)28)23-11-12-24-22(26)18-9-7-15-6-5-14-3-2-4-17(18)21(14)15/h2-4,7-10,13,23H,5-6,11-12H2,1H3,(H,24,26). The molecule has 0 radical (unpaired) electrons. The average molecular weight is 439 g/mol. The molecule has 3 aromatic rings. The first kappa shape index (κ1) is 20.8. The van der Waals surface area contributed by atoms with E-state index in [0.29, 0.717) is 5.56 Å². The summed E-state index contributed by atoms with van der Waals surface area (Å²) in [4.78, 5) is 23.3. The van der Waals surface area contributed by atoms with Crippen LogP contribution in [0.3, 0.4) is 0 Å². The summed E-state index contributed by atoms with van der Waals surface area (Å²) in [7, 11) is -3.55. The lowest BCUT2D eigenvalue weighted by atomic mass is 9.99. The zero-order valence-corrected chi connectivity index (χ0v) is 17.7. The molecule has 0 saturated carbocycles. The number of sulfone groups is 1. The number of anilines is 1. The van der Waals surface area contributed by atoms with Crippen molar-refractivity contribution in [3.8, 4) is 0 Å². The van der Waals surface area contributed by atoms with Crippen LogP contribution in [0, 0.1) is 10.1 Å². The van der Waals surface area contributed by atoms with Gasteiger partial charge in [0.25, 0.3) is 11.6 Å². The van der Waals surface area contributed by atoms with Gasteiger partial charge in [0.1, 0.15) is 5.69 Å². The van der Waals surface area contributed by atoms with Crippen LogP contribution in [0.2, 0.25) is 0 Å². The third-order valence-corrected chi connectivity index (χ3v) is 6.55. The van der Waals surface area contributed by atoms with Crippen molar-refractivity contribution < 1.29 is 18.1 Å². The minimum absolute atomic E-state index is 0.120. The van der Waals surface area contributed by atoms with E-state index in [1.807, 2.05) is 24.3 Å². The predicted molar refractivity (Wildman–Crippen MR) is 118 cm³/mol. The number of nitrogens with one attached hydrogen (secondary N) is 2. The zero-order chi connectivity index (χ0) is 22.2. The number of nitrogens with zero attached hydrogens (tertiary/aromatic N) is 1. The van der Waals surface area contributed by atoms with E-state index in [9.17, 15) is 23.3 Å². The Morgan fingerprint density at radius 2 is 1.81 bits per heavy atom. The largest absolute Gasteiger partial charge is 0.378 e. The van der Waals surface area contributed by atoms with Crippen LogP contribution in [-0.2, 0) is 22.7 Å². The first-order chi connectivity index (χ1) is 14.8. The van der Waals surface area contributed by atoms with Crippen molar-refractivity contribution in [2.45, 2.75) is 17.7 Å². The van der Waals surface area contributed by atoms with Crippen LogP contribution >= 0.6 is 0 Å². The Balaban J connectivity index is 1.44. The highest BCUT2D eigenvalue weighted by Crippen LogP contribution is 2.32. The van der Waals surface area contributed by atoms with Crippen molar-refractivity contribution in [2.75, 3.05) is 24.7 Å². The maximum absolute atomic E-state index is 12.7. The number of nitro benzene ring substituents is 1. The van der Waals surface area contributed by atoms with Crippen molar-refractivity contribution in [2.24, 2.45) is 0 Å². The summed E-state index contributed by atoms with van der Waals surface area (Å²) in [5.41, 5.74) is 2.98. The molecule has 31 heavy (non-hydrogen) atoms. The van der Waals surface area contributed by atoms with E-state index in [1.165, 1.54) is 23.3 Å². The van der Waals surface area contributed by atoms with Gasteiger partial charge in [-0.2, -0.15) is 0 Å². The molecule has 3 aromatic carbocycles. The molecule has 0 unspecified atom stereocenters. The van der Waals surface area contributed by atoms with Crippen molar-refractivity contribution in [1.29, 1.82) is 0 Å². The molecule has 0 fully saturated rings. The van der Waals surface area contributed by atoms with Gasteiger partial charge in [0.15, 0.2) is 9.84 Å². The second kappa shape index (κ2) is 7.99. The summed E-state index contributed by atoms with van der Waals surface area (Å²) in [5.74, 6) is -0.209. The third kappa shape index (κ3) is 4.09. The van der Waals surface area contributed by atoms with Gasteiger partial charge in [-0.25, -0.2) is 8.42 Å². The number of amides is 1. The van der Waals surface area contributed by atoms with E-state index < -0.39 is 14.8 Å². The van der Waals surface area contributed by atoms with Gasteiger partial charge in [0, 0.05) is 31.0 Å². The summed E-state index contributed by atoms with van der Waals surface area (Å²) in [6.45, 7) is 0.485. The van der Waals surface area contributed by atoms with Crippen LogP contribution < -0.4 is 10.6 Å². The fourth-order valence-corrected chi connectivity index (χ4v) is 4.60. The second-order valence-electron chi connectivity index (χ2n) is 7.50. The molecule has 2 N–H and O–H groups in total. The molecule has 1 aliphatic rings. The number of carbonyl (C=O) groups is 1. The van der Waals surface area contributed by atoms with E-state index in [4.69, 9.17) is 0 Å². The van der Waals surface area contributed by atoms with Gasteiger partial charge in [-0.1, -0.05) is 24.3 Å². The summed E-state index contributed by atoms with van der Waals surface area (Å²) in [6, 6.07) is 13.5. The Hall–Kier alpha value is -3.46. The van der Waals surface area contributed by atoms with E-state index in [2.05, 4.69) is 16.7 Å². The number of benzene rings is 3. The Morgan fingerprint density at radius 3 is 2.52 bits per heavy atom. The van der Waals surface area contributed by atoms with Crippen LogP contribution in [0.4, 0.5) is 11.4 Å². The Morgan fingerprint density at radius 1 is 1.06 bits per heavy atom. The average Bonchev–Trinajstić information content (AvgIpc) is 3.15. The Kier molecular flexibility index (Phi) is 5.36. The van der Waals surface area contributed by atoms with E-state index in [-0.39, 0.29) is 35.3 Å². The van der Waals surface area contributed by atoms with Gasteiger partial charge in [-0.15, -0.1) is 0 Å². The number of carbonyl (C=O) groups excluding carboxylic acids is 1. The molecule has 0 aliphatic heterocycles. The second-order valence-corrected chi connectivity index (χ2v) is 9.52. The Labute approximate surface area is 179 Å². The zero-order valence-electron chi connectivity index (χ0n) is 16.8. The summed E-state index contributed by atoms with van der Waals surface area (Å²) in [5, 5.41) is 19.1. The molecule has 0 atom stereocenters. The van der Waals surface area contributed by atoms with Crippen molar-refractivity contribution >= 4 is 37.9 Å². The number of hydrogen-bond donors (Lipinski definition) is 2. The highest BCUT2D eigenvalue weighted by molar-refractivity contribution is 7.90. The SMILES string of the molecule is CS(=O)(=O)c1ccc(NCCNC(=O)c2ccc3c4c(cccc24)CC3)c([N+](=O)[O-])c1. The third-order valence-electron chi connectivity index (χ3n) is 5.44. The molecule has 0 heterocycles. The van der Waals surface area contributed by atoms with Gasteiger partial charge < -0.3 is 10.6 Å². The van der Waals surface area contributed by atoms with Crippen molar-refractivity contribution in [3.05, 3.63) is 75.3 Å². The molecule has 8 nitrogen and oxygen atoms in total. The highest BCUT2D eigenvalue weighted by Gasteiger charge is 2.20. The monoisotopic (exact) mass is 439 g/mol. The number of rotatable bonds is 7. The maximum Gasteiger partial charge on any atom is 0.293 e. The molecule has 1 amide bonds. The Bertz CT molecular complexity index is 1310. The molecular formula is C22H21N3O5S. The van der Waals surface area contributed by atoms with Crippen molar-refractivity contribution in [1.82, 2.24) is 5.32 Å². The first-order valence-electron chi connectivity index (χ1n) is 9.80. The minimum Gasteiger partial charge on any atom is -0.378 e. The lowest BCUT2D eigenvalue weighted by Crippen LogP contribution is -2.29. The summed E-state index contributed by atoms with van der Waals surface area (Å²) < 4.78 is 23.3. The fourth-order valence-electron chi connectivity index (χ4n) is 3.96. The summed E-state index contributed by atoms with van der Waals surface area (Å²) >= 11 is 0. The van der Waals surface area contributed by atoms with Gasteiger partial charge in [-0.05, 0) is 52.9 Å². The molecule has 0 aromatic heterocycles. The van der Waals surface area contributed by atoms with Crippen molar-refractivity contribution in [3.63, 3.8) is 0 Å². The maximum atomic E-state index is 12.7. The van der Waals surface area contributed by atoms with Gasteiger partial charge >= 0.3 is 0 Å². The van der Waals surface area contributed by atoms with Crippen LogP contribution in [0.5, 0.6) is 0 Å². The minimum atomic E-state index is -3.55. The molecule has 9 heteroatoms. The first-order valence-corrected chi connectivity index (χ1v) is 11.7. The molecule has 0 spiro atoms. The normalized spacial score (nSPS) is 12.7. The lowest BCUT2D eigenvalue weighted by molar-refractivity contribution is -0.384. The fraction of sp³-hybridized carbons (Fsp3) is 0.227. The molecule has 4 rings (SSSR count). The number of nitro groups is 1. The smallest absolute Gasteiger partial charge is 0.293 e. The predicted octanol–water partition coefficient (Wildman–Crippen LogP) is 3.09. The van der Waals surface area contributed by atoms with E-state index >= 15 is 0 Å². The lowest BCUT2D eigenvalue weighted by Gasteiger charge is -2.11. The van der Waals surface area contributed by atoms with Crippen LogP contribution in [0.15, 0.2) is 53.4 Å². The van der Waals surface area contributed by atoms with Gasteiger partial charge in [0.2, 0.25) is 0 Å². The quantitative estimate of drug-likeness (QED) is 0.332. The summed E-state index contributed by atoms with van der Waals surface area (Å²) in [6.07, 6.45) is 2.96. The molecule has 1 aliphatic carbocycles. The van der Waals surface area contributed by atoms with Crippen LogP contribution in [0.25, 0.3) is 10.8 Å². The molecule has 160 valence electrons. The highest BCUT2D eigenvalue weighted by atomic mass is 32.2.